The smallest absolute Gasteiger partial charge is 0.256 e. The van der Waals surface area contributed by atoms with Crippen molar-refractivity contribution in [2.75, 3.05) is 7.11 Å². The molecule has 4 aromatic carbocycles. The molecule has 0 unspecified atom stereocenters. The van der Waals surface area contributed by atoms with Crippen molar-refractivity contribution in [3.8, 4) is 39.5 Å². The van der Waals surface area contributed by atoms with Crippen LogP contribution >= 0.6 is 0 Å². The van der Waals surface area contributed by atoms with Gasteiger partial charge in [0, 0.05) is 23.2 Å². The molecule has 5 aromatic rings. The van der Waals surface area contributed by atoms with Gasteiger partial charge in [0.1, 0.15) is 17.3 Å². The third-order valence-electron chi connectivity index (χ3n) is 5.88. The number of hydrogen-bond acceptors (Lipinski definition) is 3. The summed E-state index contributed by atoms with van der Waals surface area (Å²) in [6.45, 7) is 0.418. The fourth-order valence-corrected chi connectivity index (χ4v) is 4.13. The summed E-state index contributed by atoms with van der Waals surface area (Å²) in [4.78, 5) is 13.8. The lowest BCUT2D eigenvalue weighted by atomic mass is 9.95. The lowest BCUT2D eigenvalue weighted by Crippen LogP contribution is -2.23. The van der Waals surface area contributed by atoms with E-state index in [2.05, 4.69) is 5.32 Å². The highest BCUT2D eigenvalue weighted by molar-refractivity contribution is 6.09. The molecule has 0 bridgehead atoms. The van der Waals surface area contributed by atoms with Crippen LogP contribution in [0.25, 0.3) is 33.8 Å². The van der Waals surface area contributed by atoms with Gasteiger partial charge in [0.2, 0.25) is 0 Å². The van der Waals surface area contributed by atoms with Gasteiger partial charge in [-0.25, -0.2) is 0 Å². The van der Waals surface area contributed by atoms with Gasteiger partial charge < -0.3 is 14.5 Å². The summed E-state index contributed by atoms with van der Waals surface area (Å²) in [7, 11) is 1.63. The fourth-order valence-electron chi connectivity index (χ4n) is 4.13. The SMILES string of the molecule is COc1ccc(-c2oc(-c3ccccc3)c(-c3ccccc3)c2C(=O)NCc2ccccc2)cc1. The number of methoxy groups -OCH3 is 1. The first-order valence-corrected chi connectivity index (χ1v) is 11.5. The highest BCUT2D eigenvalue weighted by Crippen LogP contribution is 2.43. The minimum atomic E-state index is -0.190. The molecule has 0 radical (unpaired) electrons. The van der Waals surface area contributed by atoms with Crippen LogP contribution in [0.4, 0.5) is 0 Å². The minimum Gasteiger partial charge on any atom is -0.497 e. The fraction of sp³-hybridized carbons (Fsp3) is 0.0645. The zero-order valence-electron chi connectivity index (χ0n) is 19.4. The van der Waals surface area contributed by atoms with Gasteiger partial charge >= 0.3 is 0 Å². The largest absolute Gasteiger partial charge is 0.497 e. The van der Waals surface area contributed by atoms with Crippen molar-refractivity contribution < 1.29 is 13.9 Å². The maximum absolute atomic E-state index is 13.8. The lowest BCUT2D eigenvalue weighted by molar-refractivity contribution is 0.0951. The molecule has 1 amide bonds. The van der Waals surface area contributed by atoms with E-state index in [9.17, 15) is 4.79 Å². The Labute approximate surface area is 204 Å². The Bertz CT molecular complexity index is 1410. The first-order chi connectivity index (χ1) is 17.2. The quantitative estimate of drug-likeness (QED) is 0.280. The molecule has 0 aliphatic carbocycles. The van der Waals surface area contributed by atoms with Crippen molar-refractivity contribution in [2.24, 2.45) is 0 Å². The molecular formula is C31H25NO3. The Balaban J connectivity index is 1.69. The molecular weight excluding hydrogens is 434 g/mol. The van der Waals surface area contributed by atoms with Crippen LogP contribution in [0.5, 0.6) is 5.75 Å². The summed E-state index contributed by atoms with van der Waals surface area (Å²) in [5.41, 5.74) is 4.93. The van der Waals surface area contributed by atoms with Gasteiger partial charge in [-0.1, -0.05) is 91.0 Å². The Morgan fingerprint density at radius 2 is 1.23 bits per heavy atom. The van der Waals surface area contributed by atoms with Crippen molar-refractivity contribution in [1.82, 2.24) is 5.32 Å². The number of hydrogen-bond donors (Lipinski definition) is 1. The Morgan fingerprint density at radius 3 is 1.83 bits per heavy atom. The number of furan rings is 1. The van der Waals surface area contributed by atoms with Gasteiger partial charge in [0.05, 0.1) is 12.7 Å². The van der Waals surface area contributed by atoms with E-state index in [1.54, 1.807) is 7.11 Å². The molecule has 5 rings (SSSR count). The van der Waals surface area contributed by atoms with E-state index in [1.807, 2.05) is 115 Å². The van der Waals surface area contributed by atoms with Gasteiger partial charge in [-0.3, -0.25) is 4.79 Å². The Morgan fingerprint density at radius 1 is 0.686 bits per heavy atom. The van der Waals surface area contributed by atoms with Crippen molar-refractivity contribution in [2.45, 2.75) is 6.54 Å². The van der Waals surface area contributed by atoms with Crippen LogP contribution in [0.3, 0.4) is 0 Å². The predicted octanol–water partition coefficient (Wildman–Crippen LogP) is 7.22. The van der Waals surface area contributed by atoms with Crippen LogP contribution in [-0.4, -0.2) is 13.0 Å². The second-order valence-electron chi connectivity index (χ2n) is 8.14. The molecule has 0 aliphatic heterocycles. The topological polar surface area (TPSA) is 51.5 Å². The summed E-state index contributed by atoms with van der Waals surface area (Å²) in [6.07, 6.45) is 0. The van der Waals surface area contributed by atoms with Crippen LogP contribution in [-0.2, 0) is 6.54 Å². The van der Waals surface area contributed by atoms with Crippen LogP contribution in [0.1, 0.15) is 15.9 Å². The van der Waals surface area contributed by atoms with Crippen LogP contribution in [0.15, 0.2) is 120 Å². The third kappa shape index (κ3) is 4.73. The molecule has 0 aliphatic rings. The van der Waals surface area contributed by atoms with Crippen molar-refractivity contribution in [3.63, 3.8) is 0 Å². The van der Waals surface area contributed by atoms with E-state index < -0.39 is 0 Å². The van der Waals surface area contributed by atoms with Gasteiger partial charge in [-0.05, 0) is 35.4 Å². The second-order valence-corrected chi connectivity index (χ2v) is 8.14. The van der Waals surface area contributed by atoms with Crippen LogP contribution in [0.2, 0.25) is 0 Å². The van der Waals surface area contributed by atoms with E-state index in [0.717, 1.165) is 33.6 Å². The maximum atomic E-state index is 13.8. The normalized spacial score (nSPS) is 10.7. The number of ether oxygens (including phenoxy) is 1. The summed E-state index contributed by atoms with van der Waals surface area (Å²) >= 11 is 0. The maximum Gasteiger partial charge on any atom is 0.256 e. The summed E-state index contributed by atoms with van der Waals surface area (Å²) in [5.74, 6) is 1.73. The molecule has 1 heterocycles. The molecule has 0 atom stereocenters. The third-order valence-corrected chi connectivity index (χ3v) is 5.88. The average molecular weight is 460 g/mol. The molecule has 0 saturated carbocycles. The van der Waals surface area contributed by atoms with E-state index in [0.29, 0.717) is 23.6 Å². The van der Waals surface area contributed by atoms with Crippen LogP contribution in [0, 0.1) is 0 Å². The zero-order valence-corrected chi connectivity index (χ0v) is 19.4. The van der Waals surface area contributed by atoms with Crippen molar-refractivity contribution in [3.05, 3.63) is 126 Å². The monoisotopic (exact) mass is 459 g/mol. The Kier molecular flexibility index (Phi) is 6.44. The zero-order chi connectivity index (χ0) is 24.0. The number of rotatable bonds is 7. The molecule has 4 nitrogen and oxygen atoms in total. The molecule has 0 saturated heterocycles. The minimum absolute atomic E-state index is 0.190. The van der Waals surface area contributed by atoms with E-state index in [4.69, 9.17) is 9.15 Å². The van der Waals surface area contributed by atoms with Gasteiger partial charge in [-0.2, -0.15) is 0 Å². The first-order valence-electron chi connectivity index (χ1n) is 11.5. The summed E-state index contributed by atoms with van der Waals surface area (Å²) in [5, 5.41) is 3.10. The Hall–Kier alpha value is -4.57. The van der Waals surface area contributed by atoms with E-state index in [1.165, 1.54) is 0 Å². The number of carbonyl (C=O) groups excluding carboxylic acids is 1. The van der Waals surface area contributed by atoms with Crippen molar-refractivity contribution >= 4 is 5.91 Å². The standard InChI is InChI=1S/C31H25NO3/c1-34-26-19-17-25(18-20-26)30-28(31(33)32-21-22-11-5-2-6-12-22)27(23-13-7-3-8-14-23)29(35-30)24-15-9-4-10-16-24/h2-20H,21H2,1H3,(H,32,33). The first kappa shape index (κ1) is 22.2. The van der Waals surface area contributed by atoms with Gasteiger partial charge in [0.15, 0.2) is 0 Å². The molecule has 172 valence electrons. The average Bonchev–Trinajstić information content (AvgIpc) is 3.34. The number of benzene rings is 4. The lowest BCUT2D eigenvalue weighted by Gasteiger charge is -2.10. The molecule has 1 aromatic heterocycles. The van der Waals surface area contributed by atoms with E-state index in [-0.39, 0.29) is 5.91 Å². The second kappa shape index (κ2) is 10.1. The molecule has 0 spiro atoms. The molecule has 35 heavy (non-hydrogen) atoms. The molecule has 4 heteroatoms. The molecule has 1 N–H and O–H groups in total. The highest BCUT2D eigenvalue weighted by atomic mass is 16.5. The predicted molar refractivity (Wildman–Crippen MR) is 139 cm³/mol. The van der Waals surface area contributed by atoms with Gasteiger partial charge in [0.25, 0.3) is 5.91 Å². The summed E-state index contributed by atoms with van der Waals surface area (Å²) in [6, 6.07) is 37.2. The number of nitrogens with one attached hydrogen (secondary N) is 1. The van der Waals surface area contributed by atoms with Gasteiger partial charge in [-0.15, -0.1) is 0 Å². The van der Waals surface area contributed by atoms with Crippen molar-refractivity contribution in [1.29, 1.82) is 0 Å². The summed E-state index contributed by atoms with van der Waals surface area (Å²) < 4.78 is 11.8. The highest BCUT2D eigenvalue weighted by Gasteiger charge is 2.28. The molecule has 0 fully saturated rings. The van der Waals surface area contributed by atoms with Crippen LogP contribution < -0.4 is 10.1 Å². The number of carbonyl (C=O) groups is 1. The number of amides is 1. The van der Waals surface area contributed by atoms with E-state index >= 15 is 0 Å².